The van der Waals surface area contributed by atoms with Crippen LogP contribution in [0, 0.1) is 0 Å². The van der Waals surface area contributed by atoms with Crippen molar-refractivity contribution in [2.24, 2.45) is 10.1 Å². The molecule has 26 heavy (non-hydrogen) atoms. The summed E-state index contributed by atoms with van der Waals surface area (Å²) in [4.78, 5) is 28.7. The van der Waals surface area contributed by atoms with Gasteiger partial charge in [-0.2, -0.15) is 0 Å². The molecule has 1 aliphatic rings. The van der Waals surface area contributed by atoms with Crippen molar-refractivity contribution in [3.05, 3.63) is 28.3 Å². The fourth-order valence-corrected chi connectivity index (χ4v) is 2.49. The summed E-state index contributed by atoms with van der Waals surface area (Å²) in [6.07, 6.45) is 1.32. The quantitative estimate of drug-likeness (QED) is 0.430. The monoisotopic (exact) mass is 365 g/mol. The van der Waals surface area contributed by atoms with Gasteiger partial charge in [-0.25, -0.2) is 9.79 Å². The first kappa shape index (κ1) is 19.5. The maximum absolute atomic E-state index is 12.8. The number of nitrogens with one attached hydrogen (secondary N) is 1. The molecule has 9 nitrogen and oxygen atoms in total. The third-order valence-electron chi connectivity index (χ3n) is 4.01. The van der Waals surface area contributed by atoms with Gasteiger partial charge in [-0.1, -0.05) is 18.5 Å². The first-order chi connectivity index (χ1) is 12.3. The fraction of sp³-hybridized carbons (Fsp3) is 0.529. The Bertz CT molecular complexity index is 785. The average molecular weight is 365 g/mol. The molecule has 1 aliphatic heterocycles. The number of nitrogens with zero attached hydrogens (tertiary/aromatic N) is 2. The van der Waals surface area contributed by atoms with Gasteiger partial charge in [-0.3, -0.25) is 4.79 Å². The summed E-state index contributed by atoms with van der Waals surface area (Å²) in [5.41, 5.74) is -1.54. The molecule has 0 saturated heterocycles. The third kappa shape index (κ3) is 4.22. The molecule has 0 radical (unpaired) electrons. The molecule has 1 aromatic rings. The molecule has 2 rings (SSSR count). The van der Waals surface area contributed by atoms with Gasteiger partial charge < -0.3 is 24.4 Å². The van der Waals surface area contributed by atoms with Crippen LogP contribution in [0.3, 0.4) is 0 Å². The molecule has 1 amide bonds. The van der Waals surface area contributed by atoms with Crippen LogP contribution in [0.1, 0.15) is 45.4 Å². The molecule has 0 saturated carbocycles. The highest BCUT2D eigenvalue weighted by molar-refractivity contribution is 6.38. The molecule has 1 aromatic heterocycles. The maximum atomic E-state index is 12.8. The summed E-state index contributed by atoms with van der Waals surface area (Å²) in [6.45, 7) is 5.11. The minimum absolute atomic E-state index is 0.0158. The van der Waals surface area contributed by atoms with Gasteiger partial charge in [0.15, 0.2) is 5.54 Å². The van der Waals surface area contributed by atoms with E-state index in [4.69, 9.17) is 19.1 Å². The maximum Gasteiger partial charge on any atom is 0.339 e. The second kappa shape index (κ2) is 8.03. The Hall–Kier alpha value is -2.84. The fourth-order valence-electron chi connectivity index (χ4n) is 2.49. The van der Waals surface area contributed by atoms with Gasteiger partial charge in [0.1, 0.15) is 23.8 Å². The van der Waals surface area contributed by atoms with E-state index in [2.05, 4.69) is 15.5 Å². The van der Waals surface area contributed by atoms with Crippen molar-refractivity contribution in [3.63, 3.8) is 0 Å². The van der Waals surface area contributed by atoms with E-state index in [1.54, 1.807) is 13.0 Å². The van der Waals surface area contributed by atoms with Crippen LogP contribution in [0.5, 0.6) is 5.75 Å². The number of hydrogen-bond acceptors (Lipinski definition) is 8. The molecule has 2 heterocycles. The lowest BCUT2D eigenvalue weighted by molar-refractivity contribution is -0.127. The lowest BCUT2D eigenvalue weighted by Crippen LogP contribution is -2.45. The highest BCUT2D eigenvalue weighted by atomic mass is 16.5. The van der Waals surface area contributed by atoms with Gasteiger partial charge in [-0.05, 0) is 20.3 Å². The average Bonchev–Trinajstić information content (AvgIpc) is 3.03. The van der Waals surface area contributed by atoms with Crippen molar-refractivity contribution in [2.45, 2.75) is 45.2 Å². The van der Waals surface area contributed by atoms with Crippen molar-refractivity contribution in [2.75, 3.05) is 13.7 Å². The summed E-state index contributed by atoms with van der Waals surface area (Å²) in [5.74, 6) is 0.397. The summed E-state index contributed by atoms with van der Waals surface area (Å²) in [5, 5.41) is 14.7. The van der Waals surface area contributed by atoms with E-state index in [0.717, 1.165) is 6.42 Å². The Morgan fingerprint density at radius 3 is 2.88 bits per heavy atom. The molecular formula is C17H23N3O6. The Morgan fingerprint density at radius 2 is 2.27 bits per heavy atom. The zero-order valence-electron chi connectivity index (χ0n) is 15.2. The van der Waals surface area contributed by atoms with E-state index in [-0.39, 0.29) is 24.1 Å². The van der Waals surface area contributed by atoms with E-state index in [0.29, 0.717) is 17.9 Å². The number of carbonyl (C=O) groups is 1. The number of amides is 1. The zero-order chi connectivity index (χ0) is 19.3. The number of ether oxygens (including phenoxy) is 2. The van der Waals surface area contributed by atoms with Crippen LogP contribution >= 0.6 is 0 Å². The number of methoxy groups -OCH3 is 1. The first-order valence-corrected chi connectivity index (χ1v) is 8.24. The molecule has 9 heteroatoms. The van der Waals surface area contributed by atoms with E-state index >= 15 is 0 Å². The Morgan fingerprint density at radius 1 is 1.54 bits per heavy atom. The number of oxime groups is 1. The summed E-state index contributed by atoms with van der Waals surface area (Å²) < 4.78 is 15.7. The summed E-state index contributed by atoms with van der Waals surface area (Å²) >= 11 is 0. The van der Waals surface area contributed by atoms with E-state index in [9.17, 15) is 9.59 Å². The first-order valence-electron chi connectivity index (χ1n) is 8.24. The van der Waals surface area contributed by atoms with Crippen LogP contribution in [0.15, 0.2) is 31.5 Å². The molecule has 0 aliphatic carbocycles. The van der Waals surface area contributed by atoms with Crippen LogP contribution in [-0.2, 0) is 9.53 Å². The molecule has 0 bridgehead atoms. The summed E-state index contributed by atoms with van der Waals surface area (Å²) in [7, 11) is 1.45. The standard InChI is InChI=1S/C17H23N3O6/c1-5-6-12(13-7-11(24-4)8-14(21)26-13)18-16(22)17(3)9-25-15(19-17)10(2)20-23/h7-8,12,23H,5-6,9H2,1-4H3,(H,18,22)/b20-10+/t12-,17?/m1/s1. The number of carbonyl (C=O) groups excluding carboxylic acids is 1. The smallest absolute Gasteiger partial charge is 0.339 e. The minimum Gasteiger partial charge on any atom is -0.496 e. The predicted octanol–water partition coefficient (Wildman–Crippen LogP) is 1.64. The molecule has 0 fully saturated rings. The Labute approximate surface area is 150 Å². The van der Waals surface area contributed by atoms with Crippen LogP contribution in [-0.4, -0.2) is 42.0 Å². The molecule has 142 valence electrons. The summed E-state index contributed by atoms with van der Waals surface area (Å²) in [6, 6.07) is 2.29. The van der Waals surface area contributed by atoms with Gasteiger partial charge in [0.05, 0.1) is 19.2 Å². The molecule has 2 atom stereocenters. The van der Waals surface area contributed by atoms with Crippen molar-refractivity contribution in [1.29, 1.82) is 0 Å². The molecular weight excluding hydrogens is 342 g/mol. The second-order valence-electron chi connectivity index (χ2n) is 6.20. The number of aliphatic imine (C=N–C) groups is 1. The third-order valence-corrected chi connectivity index (χ3v) is 4.01. The van der Waals surface area contributed by atoms with E-state index in [1.807, 2.05) is 6.92 Å². The van der Waals surface area contributed by atoms with Crippen molar-refractivity contribution in [1.82, 2.24) is 5.32 Å². The van der Waals surface area contributed by atoms with Crippen molar-refractivity contribution >= 4 is 17.5 Å². The minimum atomic E-state index is -1.17. The highest BCUT2D eigenvalue weighted by Gasteiger charge is 2.41. The van der Waals surface area contributed by atoms with Crippen molar-refractivity contribution in [3.8, 4) is 5.75 Å². The molecule has 2 N–H and O–H groups in total. The topological polar surface area (TPSA) is 123 Å². The van der Waals surface area contributed by atoms with Gasteiger partial charge >= 0.3 is 5.63 Å². The Kier molecular flexibility index (Phi) is 6.01. The van der Waals surface area contributed by atoms with E-state index in [1.165, 1.54) is 20.1 Å². The lowest BCUT2D eigenvalue weighted by Gasteiger charge is -2.23. The molecule has 0 spiro atoms. The van der Waals surface area contributed by atoms with Crippen LogP contribution in [0.25, 0.3) is 0 Å². The van der Waals surface area contributed by atoms with Gasteiger partial charge in [0.25, 0.3) is 5.91 Å². The SMILES string of the molecule is CCC[C@@H](NC(=O)C1(C)COC(/C(C)=N/O)=N1)c1cc(OC)cc(=O)o1. The largest absolute Gasteiger partial charge is 0.496 e. The van der Waals surface area contributed by atoms with Gasteiger partial charge in [-0.15, -0.1) is 0 Å². The normalized spacial score (nSPS) is 20.9. The van der Waals surface area contributed by atoms with Crippen molar-refractivity contribution < 1.29 is 23.9 Å². The van der Waals surface area contributed by atoms with E-state index < -0.39 is 17.2 Å². The van der Waals surface area contributed by atoms with Crippen LogP contribution in [0.2, 0.25) is 0 Å². The van der Waals surface area contributed by atoms with Crippen LogP contribution < -0.4 is 15.7 Å². The number of hydrogen-bond donors (Lipinski definition) is 2. The lowest BCUT2D eigenvalue weighted by atomic mass is 10.0. The van der Waals surface area contributed by atoms with Gasteiger partial charge in [0, 0.05) is 6.07 Å². The highest BCUT2D eigenvalue weighted by Crippen LogP contribution is 2.25. The predicted molar refractivity (Wildman–Crippen MR) is 94.0 cm³/mol. The van der Waals surface area contributed by atoms with Crippen LogP contribution in [0.4, 0.5) is 0 Å². The van der Waals surface area contributed by atoms with Gasteiger partial charge in [0.2, 0.25) is 5.90 Å². The molecule has 0 aromatic carbocycles. The Balaban J connectivity index is 2.25. The molecule has 1 unspecified atom stereocenters. The zero-order valence-corrected chi connectivity index (χ0v) is 15.2. The second-order valence-corrected chi connectivity index (χ2v) is 6.20. The number of rotatable bonds is 7.